The van der Waals surface area contributed by atoms with Crippen molar-refractivity contribution < 1.29 is 32.2 Å². The van der Waals surface area contributed by atoms with Crippen LogP contribution >= 0.6 is 11.3 Å². The third kappa shape index (κ3) is 5.38. The summed E-state index contributed by atoms with van der Waals surface area (Å²) in [6, 6.07) is 7.76. The van der Waals surface area contributed by atoms with E-state index in [0.29, 0.717) is 48.4 Å². The molecule has 174 valence electrons. The lowest BCUT2D eigenvalue weighted by Gasteiger charge is -2.26. The van der Waals surface area contributed by atoms with E-state index in [1.165, 1.54) is 33.4 Å². The van der Waals surface area contributed by atoms with Gasteiger partial charge < -0.3 is 24.4 Å². The molecule has 0 radical (unpaired) electrons. The summed E-state index contributed by atoms with van der Waals surface area (Å²) in [5.41, 5.74) is 0.358. The molecule has 32 heavy (non-hydrogen) atoms. The first-order valence-electron chi connectivity index (χ1n) is 9.71. The van der Waals surface area contributed by atoms with Crippen LogP contribution in [-0.2, 0) is 19.6 Å². The summed E-state index contributed by atoms with van der Waals surface area (Å²) in [5.74, 6) is 0.140. The first-order valence-corrected chi connectivity index (χ1v) is 12.0. The molecule has 12 heteroatoms. The third-order valence-corrected chi connectivity index (χ3v) is 8.15. The molecule has 0 saturated carbocycles. The van der Waals surface area contributed by atoms with Gasteiger partial charge in [0, 0.05) is 26.2 Å². The first kappa shape index (κ1) is 24.0. The lowest BCUT2D eigenvalue weighted by Crippen LogP contribution is -2.40. The molecule has 1 N–H and O–H groups in total. The molecule has 1 aliphatic heterocycles. The van der Waals surface area contributed by atoms with E-state index in [-0.39, 0.29) is 10.1 Å². The fourth-order valence-corrected chi connectivity index (χ4v) is 5.65. The lowest BCUT2D eigenvalue weighted by atomic mass is 10.2. The molecule has 0 unspecified atom stereocenters. The van der Waals surface area contributed by atoms with Gasteiger partial charge in [-0.05, 0) is 24.3 Å². The number of amides is 2. The number of thiophene rings is 1. The van der Waals surface area contributed by atoms with Crippen LogP contribution in [0.5, 0.6) is 11.5 Å². The van der Waals surface area contributed by atoms with Crippen LogP contribution in [-0.4, -0.2) is 83.6 Å². The van der Waals surface area contributed by atoms with Crippen molar-refractivity contribution in [1.29, 1.82) is 0 Å². The summed E-state index contributed by atoms with van der Waals surface area (Å²) in [7, 11) is 0.300. The Morgan fingerprint density at radius 2 is 1.88 bits per heavy atom. The van der Waals surface area contributed by atoms with Crippen LogP contribution < -0.4 is 14.8 Å². The van der Waals surface area contributed by atoms with Crippen molar-refractivity contribution in [3.05, 3.63) is 35.2 Å². The Morgan fingerprint density at radius 3 is 2.53 bits per heavy atom. The average molecular weight is 484 g/mol. The molecule has 0 spiro atoms. The number of sulfonamides is 1. The Morgan fingerprint density at radius 1 is 1.16 bits per heavy atom. The summed E-state index contributed by atoms with van der Waals surface area (Å²) in [6.07, 6.45) is 0. The van der Waals surface area contributed by atoms with Crippen LogP contribution in [0.2, 0.25) is 0 Å². The smallest absolute Gasteiger partial charge is 0.264 e. The number of nitrogens with zero attached hydrogens (tertiary/aromatic N) is 2. The zero-order valence-electron chi connectivity index (χ0n) is 18.0. The number of methoxy groups -OCH3 is 2. The van der Waals surface area contributed by atoms with Crippen molar-refractivity contribution in [1.82, 2.24) is 9.21 Å². The van der Waals surface area contributed by atoms with Crippen LogP contribution in [0.15, 0.2) is 34.5 Å². The molecule has 0 aliphatic carbocycles. The molecular formula is C20H25N3O7S2. The van der Waals surface area contributed by atoms with Crippen molar-refractivity contribution in [3.63, 3.8) is 0 Å². The Balaban J connectivity index is 1.68. The number of hydrogen-bond acceptors (Lipinski definition) is 8. The number of benzene rings is 1. The second-order valence-corrected chi connectivity index (χ2v) is 10.3. The number of ether oxygens (including phenoxy) is 3. The van der Waals surface area contributed by atoms with Crippen LogP contribution in [0, 0.1) is 0 Å². The van der Waals surface area contributed by atoms with Gasteiger partial charge in [-0.1, -0.05) is 0 Å². The van der Waals surface area contributed by atoms with E-state index in [2.05, 4.69) is 5.32 Å². The summed E-state index contributed by atoms with van der Waals surface area (Å²) in [6.45, 7) is 1.42. The molecule has 1 aromatic heterocycles. The van der Waals surface area contributed by atoms with Gasteiger partial charge in [0.1, 0.15) is 15.7 Å². The van der Waals surface area contributed by atoms with Crippen molar-refractivity contribution in [3.8, 4) is 11.5 Å². The molecule has 10 nitrogen and oxygen atoms in total. The second-order valence-electron chi connectivity index (χ2n) is 6.90. The van der Waals surface area contributed by atoms with E-state index in [0.717, 1.165) is 15.6 Å². The molecule has 2 aromatic rings. The SMILES string of the molecule is COc1ccc(OC)c(NC(=O)CN(C)S(=O)(=O)c2ccc(C(=O)N3CCOCC3)s2)c1. The van der Waals surface area contributed by atoms with Gasteiger partial charge in [0.25, 0.3) is 15.9 Å². The van der Waals surface area contributed by atoms with E-state index >= 15 is 0 Å². The quantitative estimate of drug-likeness (QED) is 0.605. The highest BCUT2D eigenvalue weighted by atomic mass is 32.2. The maximum absolute atomic E-state index is 12.9. The topological polar surface area (TPSA) is 114 Å². The number of nitrogens with one attached hydrogen (secondary N) is 1. The van der Waals surface area contributed by atoms with Crippen molar-refractivity contribution in [2.24, 2.45) is 0 Å². The minimum atomic E-state index is -3.96. The van der Waals surface area contributed by atoms with Crippen LogP contribution in [0.1, 0.15) is 9.67 Å². The Labute approximate surface area is 190 Å². The molecule has 3 rings (SSSR count). The van der Waals surface area contributed by atoms with Gasteiger partial charge in [-0.3, -0.25) is 9.59 Å². The van der Waals surface area contributed by atoms with Gasteiger partial charge in [-0.15, -0.1) is 11.3 Å². The Hall–Kier alpha value is -2.67. The van der Waals surface area contributed by atoms with Crippen LogP contribution in [0.4, 0.5) is 5.69 Å². The van der Waals surface area contributed by atoms with Crippen LogP contribution in [0.25, 0.3) is 0 Å². The number of hydrogen-bond donors (Lipinski definition) is 1. The monoisotopic (exact) mass is 483 g/mol. The van der Waals surface area contributed by atoms with Gasteiger partial charge in [-0.2, -0.15) is 4.31 Å². The zero-order valence-corrected chi connectivity index (χ0v) is 19.6. The average Bonchev–Trinajstić information content (AvgIpc) is 3.30. The van der Waals surface area contributed by atoms with Gasteiger partial charge in [0.05, 0.1) is 44.5 Å². The first-order chi connectivity index (χ1) is 15.3. The van der Waals surface area contributed by atoms with E-state index in [1.54, 1.807) is 23.1 Å². The van der Waals surface area contributed by atoms with Gasteiger partial charge in [0.15, 0.2) is 0 Å². The van der Waals surface area contributed by atoms with E-state index in [9.17, 15) is 18.0 Å². The Bertz CT molecular complexity index is 1080. The number of morpholine rings is 1. The molecule has 0 bridgehead atoms. The van der Waals surface area contributed by atoms with Crippen molar-refractivity contribution in [2.75, 3.05) is 59.4 Å². The standard InChI is InChI=1S/C20H25N3O7S2/c1-22(13-18(24)21-15-12-14(28-2)4-5-16(15)29-3)32(26,27)19-7-6-17(31-19)20(25)23-8-10-30-11-9-23/h4-7,12H,8-11,13H2,1-3H3,(H,21,24). The van der Waals surface area contributed by atoms with Crippen LogP contribution in [0.3, 0.4) is 0 Å². The maximum atomic E-state index is 12.9. The highest BCUT2D eigenvalue weighted by Gasteiger charge is 2.27. The fraction of sp³-hybridized carbons (Fsp3) is 0.400. The lowest BCUT2D eigenvalue weighted by molar-refractivity contribution is -0.116. The van der Waals surface area contributed by atoms with Gasteiger partial charge >= 0.3 is 0 Å². The summed E-state index contributed by atoms with van der Waals surface area (Å²) >= 11 is 0.882. The third-order valence-electron chi connectivity index (χ3n) is 4.80. The molecule has 1 fully saturated rings. The minimum absolute atomic E-state index is 0.0108. The van der Waals surface area contributed by atoms with Gasteiger partial charge in [-0.25, -0.2) is 8.42 Å². The maximum Gasteiger partial charge on any atom is 0.264 e. The molecule has 2 amide bonds. The van der Waals surface area contributed by atoms with E-state index in [4.69, 9.17) is 14.2 Å². The predicted octanol–water partition coefficient (Wildman–Crippen LogP) is 1.50. The number of likely N-dealkylation sites (N-methyl/N-ethyl adjacent to an activating group) is 1. The summed E-state index contributed by atoms with van der Waals surface area (Å²) in [5, 5.41) is 2.64. The molecule has 2 heterocycles. The van der Waals surface area contributed by atoms with Crippen molar-refractivity contribution >= 4 is 38.9 Å². The Kier molecular flexibility index (Phi) is 7.72. The number of rotatable bonds is 8. The highest BCUT2D eigenvalue weighted by molar-refractivity contribution is 7.91. The van der Waals surface area contributed by atoms with E-state index in [1.807, 2.05) is 0 Å². The zero-order chi connectivity index (χ0) is 23.3. The molecule has 0 atom stereocenters. The highest BCUT2D eigenvalue weighted by Crippen LogP contribution is 2.29. The number of carbonyl (C=O) groups excluding carboxylic acids is 2. The number of carbonyl (C=O) groups is 2. The van der Waals surface area contributed by atoms with Gasteiger partial charge in [0.2, 0.25) is 5.91 Å². The molecule has 1 saturated heterocycles. The minimum Gasteiger partial charge on any atom is -0.497 e. The number of anilines is 1. The molecular weight excluding hydrogens is 458 g/mol. The normalized spacial score (nSPS) is 14.3. The van der Waals surface area contributed by atoms with E-state index < -0.39 is 22.5 Å². The summed E-state index contributed by atoms with van der Waals surface area (Å²) in [4.78, 5) is 27.0. The largest absolute Gasteiger partial charge is 0.497 e. The molecule has 1 aromatic carbocycles. The predicted molar refractivity (Wildman–Crippen MR) is 119 cm³/mol. The molecule has 1 aliphatic rings. The fourth-order valence-electron chi connectivity index (χ4n) is 3.04. The van der Waals surface area contributed by atoms with Crippen molar-refractivity contribution in [2.45, 2.75) is 4.21 Å². The summed E-state index contributed by atoms with van der Waals surface area (Å²) < 4.78 is 42.4. The second kappa shape index (κ2) is 10.3.